The van der Waals surface area contributed by atoms with Crippen LogP contribution < -0.4 is 14.8 Å². The standard InChI is InChI=1S/C18H19NO5/c1-12-3-5-15(6-4-12)24-16-9-7-14(8-10-16)23-11-17(20)19-13(2)18(21)22/h3-10,13H,11H2,1-2H3,(H,19,20)(H,21,22)/t13-/m0/s1. The lowest BCUT2D eigenvalue weighted by atomic mass is 10.2. The van der Waals surface area contributed by atoms with Crippen molar-refractivity contribution in [2.45, 2.75) is 19.9 Å². The van der Waals surface area contributed by atoms with Gasteiger partial charge in [0, 0.05) is 0 Å². The summed E-state index contributed by atoms with van der Waals surface area (Å²) in [5.74, 6) is 0.279. The number of ether oxygens (including phenoxy) is 2. The lowest BCUT2D eigenvalue weighted by Gasteiger charge is -2.11. The molecule has 0 unspecified atom stereocenters. The first-order valence-corrected chi connectivity index (χ1v) is 7.43. The number of carboxylic acid groups (broad SMARTS) is 1. The van der Waals surface area contributed by atoms with Crippen LogP contribution in [0.3, 0.4) is 0 Å². The zero-order chi connectivity index (χ0) is 17.5. The molecule has 24 heavy (non-hydrogen) atoms. The molecule has 1 amide bonds. The van der Waals surface area contributed by atoms with Crippen molar-refractivity contribution in [2.24, 2.45) is 0 Å². The van der Waals surface area contributed by atoms with Gasteiger partial charge in [0.25, 0.3) is 5.91 Å². The fourth-order valence-corrected chi connectivity index (χ4v) is 1.84. The van der Waals surface area contributed by atoms with Crippen LogP contribution in [-0.4, -0.2) is 29.6 Å². The molecular weight excluding hydrogens is 310 g/mol. The van der Waals surface area contributed by atoms with Crippen LogP contribution in [-0.2, 0) is 9.59 Å². The molecule has 1 atom stereocenters. The number of aliphatic carboxylic acids is 1. The molecule has 0 aromatic heterocycles. The van der Waals surface area contributed by atoms with Crippen molar-refractivity contribution in [1.29, 1.82) is 0 Å². The van der Waals surface area contributed by atoms with Crippen LogP contribution in [0.2, 0.25) is 0 Å². The van der Waals surface area contributed by atoms with Crippen molar-refractivity contribution in [3.63, 3.8) is 0 Å². The Labute approximate surface area is 140 Å². The molecule has 0 aliphatic rings. The number of hydrogen-bond acceptors (Lipinski definition) is 4. The van der Waals surface area contributed by atoms with Crippen molar-refractivity contribution in [2.75, 3.05) is 6.61 Å². The van der Waals surface area contributed by atoms with E-state index in [2.05, 4.69) is 5.32 Å². The molecule has 126 valence electrons. The topological polar surface area (TPSA) is 84.9 Å². The minimum atomic E-state index is -1.10. The summed E-state index contributed by atoms with van der Waals surface area (Å²) in [4.78, 5) is 22.2. The molecule has 0 fully saturated rings. The van der Waals surface area contributed by atoms with E-state index in [-0.39, 0.29) is 6.61 Å². The molecule has 2 rings (SSSR count). The summed E-state index contributed by atoms with van der Waals surface area (Å²) < 4.78 is 11.0. The minimum Gasteiger partial charge on any atom is -0.484 e. The van der Waals surface area contributed by atoms with Crippen LogP contribution in [0.25, 0.3) is 0 Å². The molecule has 6 nitrogen and oxygen atoms in total. The molecule has 2 aromatic rings. The minimum absolute atomic E-state index is 0.254. The maximum atomic E-state index is 11.5. The van der Waals surface area contributed by atoms with Crippen LogP contribution in [0.4, 0.5) is 0 Å². The highest BCUT2D eigenvalue weighted by molar-refractivity contribution is 5.84. The molecule has 2 aromatic carbocycles. The monoisotopic (exact) mass is 329 g/mol. The zero-order valence-electron chi connectivity index (χ0n) is 13.5. The lowest BCUT2D eigenvalue weighted by molar-refractivity contribution is -0.141. The Morgan fingerprint density at radius 3 is 2.04 bits per heavy atom. The third kappa shape index (κ3) is 5.31. The van der Waals surface area contributed by atoms with Crippen LogP contribution in [0.1, 0.15) is 12.5 Å². The van der Waals surface area contributed by atoms with Crippen molar-refractivity contribution in [3.05, 3.63) is 54.1 Å². The Kier molecular flexibility index (Phi) is 5.78. The summed E-state index contributed by atoms with van der Waals surface area (Å²) in [6.07, 6.45) is 0. The van der Waals surface area contributed by atoms with Crippen LogP contribution in [0.15, 0.2) is 48.5 Å². The van der Waals surface area contributed by atoms with Gasteiger partial charge in [0.05, 0.1) is 0 Å². The Hall–Kier alpha value is -3.02. The number of aryl methyl sites for hydroxylation is 1. The van der Waals surface area contributed by atoms with Gasteiger partial charge in [-0.05, 0) is 50.2 Å². The predicted molar refractivity (Wildman–Crippen MR) is 88.4 cm³/mol. The number of carboxylic acids is 1. The maximum Gasteiger partial charge on any atom is 0.325 e. The average molecular weight is 329 g/mol. The van der Waals surface area contributed by atoms with Crippen LogP contribution in [0.5, 0.6) is 17.2 Å². The van der Waals surface area contributed by atoms with Gasteiger partial charge in [0.2, 0.25) is 0 Å². The third-order valence-corrected chi connectivity index (χ3v) is 3.20. The summed E-state index contributed by atoms with van der Waals surface area (Å²) in [5.41, 5.74) is 1.15. The molecule has 0 saturated heterocycles. The van der Waals surface area contributed by atoms with Gasteiger partial charge in [-0.3, -0.25) is 9.59 Å². The number of benzene rings is 2. The molecule has 0 spiro atoms. The SMILES string of the molecule is Cc1ccc(Oc2ccc(OCC(=O)N[C@@H](C)C(=O)O)cc2)cc1. The highest BCUT2D eigenvalue weighted by Gasteiger charge is 2.14. The highest BCUT2D eigenvalue weighted by atomic mass is 16.5. The smallest absolute Gasteiger partial charge is 0.325 e. The van der Waals surface area contributed by atoms with Gasteiger partial charge in [0.15, 0.2) is 6.61 Å². The molecule has 0 saturated carbocycles. The Morgan fingerprint density at radius 1 is 1.00 bits per heavy atom. The lowest BCUT2D eigenvalue weighted by Crippen LogP contribution is -2.40. The summed E-state index contributed by atoms with van der Waals surface area (Å²) >= 11 is 0. The van der Waals surface area contributed by atoms with E-state index in [4.69, 9.17) is 14.6 Å². The summed E-state index contributed by atoms with van der Waals surface area (Å²) in [5, 5.41) is 11.0. The summed E-state index contributed by atoms with van der Waals surface area (Å²) in [7, 11) is 0. The number of rotatable bonds is 7. The van der Waals surface area contributed by atoms with Crippen molar-refractivity contribution >= 4 is 11.9 Å². The first kappa shape index (κ1) is 17.3. The first-order valence-electron chi connectivity index (χ1n) is 7.43. The summed E-state index contributed by atoms with van der Waals surface area (Å²) in [6, 6.07) is 13.6. The molecule has 2 N–H and O–H groups in total. The van der Waals surface area contributed by atoms with Crippen LogP contribution >= 0.6 is 0 Å². The molecule has 0 aliphatic carbocycles. The van der Waals surface area contributed by atoms with Gasteiger partial charge in [0.1, 0.15) is 23.3 Å². The van der Waals surface area contributed by atoms with E-state index in [1.807, 2.05) is 31.2 Å². The van der Waals surface area contributed by atoms with Crippen molar-refractivity contribution < 1.29 is 24.2 Å². The fourth-order valence-electron chi connectivity index (χ4n) is 1.84. The van der Waals surface area contributed by atoms with E-state index in [1.54, 1.807) is 24.3 Å². The molecule has 0 aliphatic heterocycles. The second kappa shape index (κ2) is 8.01. The second-order valence-electron chi connectivity index (χ2n) is 5.30. The quantitative estimate of drug-likeness (QED) is 0.816. The van der Waals surface area contributed by atoms with Crippen molar-refractivity contribution in [1.82, 2.24) is 5.32 Å². The highest BCUT2D eigenvalue weighted by Crippen LogP contribution is 2.24. The second-order valence-corrected chi connectivity index (χ2v) is 5.30. The van der Waals surface area contributed by atoms with E-state index in [1.165, 1.54) is 6.92 Å². The van der Waals surface area contributed by atoms with E-state index in [9.17, 15) is 9.59 Å². The van der Waals surface area contributed by atoms with E-state index < -0.39 is 17.9 Å². The Balaban J connectivity index is 1.84. The number of hydrogen-bond donors (Lipinski definition) is 2. The Morgan fingerprint density at radius 2 is 1.50 bits per heavy atom. The molecule has 0 heterocycles. The van der Waals surface area contributed by atoms with Gasteiger partial charge in [-0.25, -0.2) is 0 Å². The number of amides is 1. The molecule has 0 bridgehead atoms. The number of nitrogens with one attached hydrogen (secondary N) is 1. The summed E-state index contributed by atoms with van der Waals surface area (Å²) in [6.45, 7) is 3.14. The first-order chi connectivity index (χ1) is 11.4. The van der Waals surface area contributed by atoms with Crippen molar-refractivity contribution in [3.8, 4) is 17.2 Å². The van der Waals surface area contributed by atoms with E-state index in [0.29, 0.717) is 11.5 Å². The third-order valence-electron chi connectivity index (χ3n) is 3.20. The van der Waals surface area contributed by atoms with Gasteiger partial charge in [-0.1, -0.05) is 17.7 Å². The number of carbonyl (C=O) groups is 2. The van der Waals surface area contributed by atoms with Gasteiger partial charge in [-0.2, -0.15) is 0 Å². The Bertz CT molecular complexity index is 694. The maximum absolute atomic E-state index is 11.5. The van der Waals surface area contributed by atoms with E-state index in [0.717, 1.165) is 11.3 Å². The largest absolute Gasteiger partial charge is 0.484 e. The van der Waals surface area contributed by atoms with Gasteiger partial charge in [-0.15, -0.1) is 0 Å². The fraction of sp³-hybridized carbons (Fsp3) is 0.222. The van der Waals surface area contributed by atoms with E-state index >= 15 is 0 Å². The zero-order valence-corrected chi connectivity index (χ0v) is 13.5. The van der Waals surface area contributed by atoms with Crippen LogP contribution in [0, 0.1) is 6.92 Å². The van der Waals surface area contributed by atoms with Gasteiger partial charge >= 0.3 is 5.97 Å². The molecular formula is C18H19NO5. The normalized spacial score (nSPS) is 11.4. The average Bonchev–Trinajstić information content (AvgIpc) is 2.56. The van der Waals surface area contributed by atoms with Gasteiger partial charge < -0.3 is 19.9 Å². The predicted octanol–water partition coefficient (Wildman–Crippen LogP) is 2.76. The molecule has 0 radical (unpaired) electrons. The molecule has 6 heteroatoms. The number of carbonyl (C=O) groups excluding carboxylic acids is 1.